The molecule has 1 atom stereocenters. The molecule has 0 radical (unpaired) electrons. The van der Waals surface area contributed by atoms with Gasteiger partial charge in [0.15, 0.2) is 11.6 Å². The average molecular weight is 304 g/mol. The van der Waals surface area contributed by atoms with Gasteiger partial charge in [-0.05, 0) is 34.0 Å². The molecule has 1 aromatic heterocycles. The summed E-state index contributed by atoms with van der Waals surface area (Å²) in [6.07, 6.45) is -0.201. The quantitative estimate of drug-likeness (QED) is 0.761. The number of halogens is 2. The van der Waals surface area contributed by atoms with E-state index < -0.39 is 17.7 Å². The van der Waals surface area contributed by atoms with Crippen LogP contribution in [-0.2, 0) is 12.8 Å². The standard InChI is InChI=1S/C17H14F2OS/c18-15-6-3-4-11(17(15)19)8-13(20)9-12-10-21-16-7-2-1-5-14(12)16/h1-7,10,13,20H,8-9H2. The fourth-order valence-corrected chi connectivity index (χ4v) is 3.45. The molecule has 0 aliphatic rings. The molecule has 2 aromatic carbocycles. The first kappa shape index (κ1) is 14.2. The number of benzene rings is 2. The first-order valence-electron chi connectivity index (χ1n) is 6.71. The van der Waals surface area contributed by atoms with Gasteiger partial charge in [0.2, 0.25) is 0 Å². The highest BCUT2D eigenvalue weighted by Crippen LogP contribution is 2.27. The van der Waals surface area contributed by atoms with Gasteiger partial charge in [0, 0.05) is 17.5 Å². The lowest BCUT2D eigenvalue weighted by Gasteiger charge is -2.11. The molecule has 4 heteroatoms. The van der Waals surface area contributed by atoms with Crippen molar-refractivity contribution in [2.24, 2.45) is 0 Å². The Labute approximate surface area is 125 Å². The predicted molar refractivity (Wildman–Crippen MR) is 81.6 cm³/mol. The minimum Gasteiger partial charge on any atom is -0.392 e. The Bertz CT molecular complexity index is 766. The number of rotatable bonds is 4. The molecule has 3 rings (SSSR count). The van der Waals surface area contributed by atoms with Crippen LogP contribution in [0, 0.1) is 11.6 Å². The van der Waals surface area contributed by atoms with Crippen molar-refractivity contribution in [1.29, 1.82) is 0 Å². The van der Waals surface area contributed by atoms with Crippen molar-refractivity contribution in [2.45, 2.75) is 18.9 Å². The lowest BCUT2D eigenvalue weighted by molar-refractivity contribution is 0.174. The number of aliphatic hydroxyl groups excluding tert-OH is 1. The van der Waals surface area contributed by atoms with E-state index in [4.69, 9.17) is 0 Å². The Morgan fingerprint density at radius 1 is 0.952 bits per heavy atom. The highest BCUT2D eigenvalue weighted by molar-refractivity contribution is 7.17. The Balaban J connectivity index is 1.77. The van der Waals surface area contributed by atoms with Gasteiger partial charge in [-0.1, -0.05) is 30.3 Å². The molecule has 1 nitrogen and oxygen atoms in total. The number of hydrogen-bond acceptors (Lipinski definition) is 2. The molecule has 3 aromatic rings. The Morgan fingerprint density at radius 2 is 1.71 bits per heavy atom. The molecule has 0 amide bonds. The first-order chi connectivity index (χ1) is 10.1. The minimum atomic E-state index is -0.874. The largest absolute Gasteiger partial charge is 0.392 e. The summed E-state index contributed by atoms with van der Waals surface area (Å²) in [6, 6.07) is 12.0. The third-order valence-electron chi connectivity index (χ3n) is 3.50. The molecule has 0 saturated carbocycles. The summed E-state index contributed by atoms with van der Waals surface area (Å²) in [5.74, 6) is -1.74. The van der Waals surface area contributed by atoms with Crippen LogP contribution in [0.4, 0.5) is 8.78 Å². The second kappa shape index (κ2) is 5.92. The second-order valence-electron chi connectivity index (χ2n) is 5.03. The van der Waals surface area contributed by atoms with Gasteiger partial charge in [0.05, 0.1) is 6.10 Å². The summed E-state index contributed by atoms with van der Waals surface area (Å²) in [7, 11) is 0. The van der Waals surface area contributed by atoms with Crippen molar-refractivity contribution in [3.8, 4) is 0 Å². The normalized spacial score (nSPS) is 12.7. The predicted octanol–water partition coefficient (Wildman–Crippen LogP) is 4.33. The monoisotopic (exact) mass is 304 g/mol. The topological polar surface area (TPSA) is 20.2 Å². The van der Waals surface area contributed by atoms with E-state index in [-0.39, 0.29) is 12.0 Å². The van der Waals surface area contributed by atoms with E-state index in [9.17, 15) is 13.9 Å². The third kappa shape index (κ3) is 2.96. The van der Waals surface area contributed by atoms with Crippen LogP contribution in [0.1, 0.15) is 11.1 Å². The fourth-order valence-electron chi connectivity index (χ4n) is 2.48. The Kier molecular flexibility index (Phi) is 3.99. The van der Waals surface area contributed by atoms with Crippen molar-refractivity contribution >= 4 is 21.4 Å². The van der Waals surface area contributed by atoms with Crippen LogP contribution in [0.5, 0.6) is 0 Å². The molecule has 1 heterocycles. The van der Waals surface area contributed by atoms with Crippen LogP contribution in [0.2, 0.25) is 0 Å². The lowest BCUT2D eigenvalue weighted by Crippen LogP contribution is -2.15. The maximum atomic E-state index is 13.6. The van der Waals surface area contributed by atoms with Crippen molar-refractivity contribution in [3.05, 3.63) is 70.6 Å². The number of aliphatic hydroxyl groups is 1. The van der Waals surface area contributed by atoms with Crippen LogP contribution >= 0.6 is 11.3 Å². The maximum Gasteiger partial charge on any atom is 0.162 e. The van der Waals surface area contributed by atoms with Gasteiger partial charge in [0.1, 0.15) is 0 Å². The van der Waals surface area contributed by atoms with Crippen molar-refractivity contribution in [1.82, 2.24) is 0 Å². The van der Waals surface area contributed by atoms with Gasteiger partial charge < -0.3 is 5.11 Å². The van der Waals surface area contributed by atoms with Crippen LogP contribution in [-0.4, -0.2) is 11.2 Å². The molecule has 1 unspecified atom stereocenters. The highest BCUT2D eigenvalue weighted by atomic mass is 32.1. The zero-order valence-electron chi connectivity index (χ0n) is 11.2. The first-order valence-corrected chi connectivity index (χ1v) is 7.59. The van der Waals surface area contributed by atoms with Gasteiger partial charge in [-0.15, -0.1) is 11.3 Å². The molecule has 0 aliphatic carbocycles. The van der Waals surface area contributed by atoms with E-state index in [1.165, 1.54) is 12.1 Å². The summed E-state index contributed by atoms with van der Waals surface area (Å²) in [5.41, 5.74) is 1.25. The van der Waals surface area contributed by atoms with E-state index in [0.29, 0.717) is 6.42 Å². The molecule has 21 heavy (non-hydrogen) atoms. The molecule has 0 bridgehead atoms. The second-order valence-corrected chi connectivity index (χ2v) is 5.94. The molecular formula is C17H14F2OS. The van der Waals surface area contributed by atoms with Crippen LogP contribution in [0.15, 0.2) is 47.8 Å². The van der Waals surface area contributed by atoms with Gasteiger partial charge >= 0.3 is 0 Å². The third-order valence-corrected chi connectivity index (χ3v) is 4.52. The van der Waals surface area contributed by atoms with Crippen molar-refractivity contribution in [3.63, 3.8) is 0 Å². The van der Waals surface area contributed by atoms with Gasteiger partial charge in [-0.25, -0.2) is 8.78 Å². The number of thiophene rings is 1. The van der Waals surface area contributed by atoms with Crippen LogP contribution in [0.3, 0.4) is 0 Å². The van der Waals surface area contributed by atoms with E-state index in [0.717, 1.165) is 21.7 Å². The lowest BCUT2D eigenvalue weighted by atomic mass is 10.0. The summed E-state index contributed by atoms with van der Waals surface area (Å²) in [4.78, 5) is 0. The van der Waals surface area contributed by atoms with Gasteiger partial charge in [0.25, 0.3) is 0 Å². The molecule has 0 aliphatic heterocycles. The van der Waals surface area contributed by atoms with Gasteiger partial charge in [-0.3, -0.25) is 0 Å². The Morgan fingerprint density at radius 3 is 2.57 bits per heavy atom. The SMILES string of the molecule is OC(Cc1cccc(F)c1F)Cc1csc2ccccc12. The van der Waals surface area contributed by atoms with Crippen LogP contribution in [0.25, 0.3) is 10.1 Å². The molecule has 108 valence electrons. The summed E-state index contributed by atoms with van der Waals surface area (Å²) in [6.45, 7) is 0. The zero-order chi connectivity index (χ0) is 14.8. The molecule has 0 fully saturated rings. The van der Waals surface area contributed by atoms with Crippen molar-refractivity contribution < 1.29 is 13.9 Å². The molecule has 1 N–H and O–H groups in total. The van der Waals surface area contributed by atoms with Gasteiger partial charge in [-0.2, -0.15) is 0 Å². The summed E-state index contributed by atoms with van der Waals surface area (Å²) in [5, 5.41) is 13.3. The summed E-state index contributed by atoms with van der Waals surface area (Å²) < 4.78 is 27.9. The smallest absolute Gasteiger partial charge is 0.162 e. The molecule has 0 saturated heterocycles. The van der Waals surface area contributed by atoms with Crippen molar-refractivity contribution in [2.75, 3.05) is 0 Å². The number of hydrogen-bond donors (Lipinski definition) is 1. The van der Waals surface area contributed by atoms with E-state index >= 15 is 0 Å². The summed E-state index contributed by atoms with van der Waals surface area (Å²) >= 11 is 1.62. The Hall–Kier alpha value is -1.78. The van der Waals surface area contributed by atoms with E-state index in [2.05, 4.69) is 0 Å². The van der Waals surface area contributed by atoms with Crippen LogP contribution < -0.4 is 0 Å². The fraction of sp³-hybridized carbons (Fsp3) is 0.176. The minimum absolute atomic E-state index is 0.105. The number of fused-ring (bicyclic) bond motifs is 1. The molecule has 0 spiro atoms. The zero-order valence-corrected chi connectivity index (χ0v) is 12.0. The maximum absolute atomic E-state index is 13.6. The average Bonchev–Trinajstić information content (AvgIpc) is 2.87. The highest BCUT2D eigenvalue weighted by Gasteiger charge is 2.14. The molecular weight excluding hydrogens is 290 g/mol. The van der Waals surface area contributed by atoms with E-state index in [1.807, 2.05) is 29.6 Å². The van der Waals surface area contributed by atoms with E-state index in [1.54, 1.807) is 11.3 Å².